The Morgan fingerprint density at radius 2 is 2.10 bits per heavy atom. The van der Waals surface area contributed by atoms with Crippen molar-refractivity contribution >= 4 is 33.3 Å². The minimum Gasteiger partial charge on any atom is -0.443 e. The van der Waals surface area contributed by atoms with E-state index in [1.807, 2.05) is 20.8 Å². The third kappa shape index (κ3) is 5.37. The van der Waals surface area contributed by atoms with Crippen LogP contribution in [0.5, 0.6) is 0 Å². The molecule has 1 aliphatic rings. The number of fused-ring (bicyclic) bond motifs is 1. The smallest absolute Gasteiger partial charge is 0.414 e. The molecule has 0 unspecified atom stereocenters. The minimum atomic E-state index is -0.514. The van der Waals surface area contributed by atoms with Crippen LogP contribution < -0.4 is 0 Å². The molecule has 2 heterocycles. The van der Waals surface area contributed by atoms with Gasteiger partial charge in [-0.2, -0.15) is 0 Å². The molecular formula is C23H33N3O2S. The molecule has 1 aliphatic heterocycles. The van der Waals surface area contributed by atoms with E-state index in [0.29, 0.717) is 18.5 Å². The summed E-state index contributed by atoms with van der Waals surface area (Å²) in [4.78, 5) is 21.7. The zero-order valence-electron chi connectivity index (χ0n) is 18.7. The van der Waals surface area contributed by atoms with Gasteiger partial charge in [-0.1, -0.05) is 19.1 Å². The number of rotatable bonds is 4. The molecule has 3 rings (SSSR count). The SMILES string of the molecule is C[C@H]1CC=C(c2ccc3sc(C[C@@H](C)N(C)C)nc3c2)N(C(=O)OC(C)(C)C)C1. The number of allylic oxidation sites excluding steroid dienone is 1. The number of benzene rings is 1. The van der Waals surface area contributed by atoms with Crippen molar-refractivity contribution in [2.75, 3.05) is 20.6 Å². The quantitative estimate of drug-likeness (QED) is 0.670. The van der Waals surface area contributed by atoms with E-state index in [9.17, 15) is 4.79 Å². The van der Waals surface area contributed by atoms with Gasteiger partial charge in [0.05, 0.1) is 20.9 Å². The zero-order chi connectivity index (χ0) is 21.3. The Morgan fingerprint density at radius 3 is 2.76 bits per heavy atom. The third-order valence-electron chi connectivity index (χ3n) is 5.19. The van der Waals surface area contributed by atoms with Gasteiger partial charge in [0.2, 0.25) is 0 Å². The highest BCUT2D eigenvalue weighted by Crippen LogP contribution is 2.32. The highest BCUT2D eigenvalue weighted by Gasteiger charge is 2.29. The Kier molecular flexibility index (Phi) is 6.34. The molecule has 5 nitrogen and oxygen atoms in total. The molecule has 1 aromatic heterocycles. The number of hydrogen-bond donors (Lipinski definition) is 0. The summed E-state index contributed by atoms with van der Waals surface area (Å²) in [6, 6.07) is 6.77. The van der Waals surface area contributed by atoms with Gasteiger partial charge < -0.3 is 9.64 Å². The molecule has 2 aromatic rings. The van der Waals surface area contributed by atoms with E-state index in [0.717, 1.165) is 34.6 Å². The Hall–Kier alpha value is -1.92. The van der Waals surface area contributed by atoms with Crippen LogP contribution >= 0.6 is 11.3 Å². The maximum Gasteiger partial charge on any atom is 0.414 e. The lowest BCUT2D eigenvalue weighted by atomic mass is 9.98. The van der Waals surface area contributed by atoms with Crippen molar-refractivity contribution in [1.82, 2.24) is 14.8 Å². The first-order chi connectivity index (χ1) is 13.5. The van der Waals surface area contributed by atoms with E-state index in [-0.39, 0.29) is 6.09 Å². The van der Waals surface area contributed by atoms with Crippen LogP contribution in [-0.4, -0.2) is 53.2 Å². The maximum absolute atomic E-state index is 12.8. The summed E-state index contributed by atoms with van der Waals surface area (Å²) in [5.41, 5.74) is 2.43. The molecule has 6 heteroatoms. The van der Waals surface area contributed by atoms with Gasteiger partial charge in [0.15, 0.2) is 0 Å². The molecule has 1 amide bonds. The van der Waals surface area contributed by atoms with Gasteiger partial charge in [-0.15, -0.1) is 11.3 Å². The molecule has 0 aliphatic carbocycles. The van der Waals surface area contributed by atoms with Crippen LogP contribution in [0.2, 0.25) is 0 Å². The average molecular weight is 416 g/mol. The standard InChI is InChI=1S/C23H33N3O2S/c1-15-8-10-19(26(14-15)22(27)28-23(3,4)5)17-9-11-20-18(13-17)24-21(29-20)12-16(2)25(6)7/h9-11,13,15-16H,8,12,14H2,1-7H3/t15-,16+/m0/s1. The van der Waals surface area contributed by atoms with Crippen molar-refractivity contribution < 1.29 is 9.53 Å². The number of ether oxygens (including phenoxy) is 1. The molecule has 2 atom stereocenters. The first-order valence-electron chi connectivity index (χ1n) is 10.3. The summed E-state index contributed by atoms with van der Waals surface area (Å²) in [7, 11) is 4.19. The van der Waals surface area contributed by atoms with Crippen LogP contribution in [0.1, 0.15) is 51.6 Å². The molecule has 29 heavy (non-hydrogen) atoms. The van der Waals surface area contributed by atoms with Crippen LogP contribution in [0.3, 0.4) is 0 Å². The first-order valence-corrected chi connectivity index (χ1v) is 11.1. The predicted molar refractivity (Wildman–Crippen MR) is 121 cm³/mol. The van der Waals surface area contributed by atoms with Crippen molar-refractivity contribution in [3.63, 3.8) is 0 Å². The van der Waals surface area contributed by atoms with Gasteiger partial charge in [-0.05, 0) is 66.3 Å². The minimum absolute atomic E-state index is 0.283. The summed E-state index contributed by atoms with van der Waals surface area (Å²) in [5.74, 6) is 0.411. The monoisotopic (exact) mass is 415 g/mol. The highest BCUT2D eigenvalue weighted by molar-refractivity contribution is 7.18. The fourth-order valence-corrected chi connectivity index (χ4v) is 4.40. The Bertz CT molecular complexity index is 910. The highest BCUT2D eigenvalue weighted by atomic mass is 32.1. The first kappa shape index (κ1) is 21.8. The number of hydrogen-bond acceptors (Lipinski definition) is 5. The number of carbonyl (C=O) groups is 1. The molecule has 0 N–H and O–H groups in total. The summed E-state index contributed by atoms with van der Waals surface area (Å²) >= 11 is 1.75. The molecule has 0 fully saturated rings. The number of thiazole rings is 1. The number of nitrogens with zero attached hydrogens (tertiary/aromatic N) is 3. The summed E-state index contributed by atoms with van der Waals surface area (Å²) in [5, 5.41) is 1.15. The average Bonchev–Trinajstić information content (AvgIpc) is 3.01. The Balaban J connectivity index is 1.89. The molecule has 0 spiro atoms. The Morgan fingerprint density at radius 1 is 1.38 bits per heavy atom. The van der Waals surface area contributed by atoms with Crippen molar-refractivity contribution in [2.45, 2.75) is 59.1 Å². The predicted octanol–water partition coefficient (Wildman–Crippen LogP) is 5.41. The molecule has 158 valence electrons. The van der Waals surface area contributed by atoms with E-state index in [1.54, 1.807) is 16.2 Å². The van der Waals surface area contributed by atoms with Gasteiger partial charge >= 0.3 is 6.09 Å². The zero-order valence-corrected chi connectivity index (χ0v) is 19.5. The lowest BCUT2D eigenvalue weighted by molar-refractivity contribution is 0.0327. The number of carbonyl (C=O) groups excluding carboxylic acids is 1. The fourth-order valence-electron chi connectivity index (χ4n) is 3.33. The topological polar surface area (TPSA) is 45.7 Å². The Labute approximate surface area is 178 Å². The van der Waals surface area contributed by atoms with Gasteiger partial charge in [0.1, 0.15) is 5.60 Å². The van der Waals surface area contributed by atoms with Crippen molar-refractivity contribution in [3.8, 4) is 0 Å². The van der Waals surface area contributed by atoms with Gasteiger partial charge in [-0.3, -0.25) is 4.90 Å². The largest absolute Gasteiger partial charge is 0.443 e. The van der Waals surface area contributed by atoms with Crippen LogP contribution in [0.15, 0.2) is 24.3 Å². The van der Waals surface area contributed by atoms with Crippen molar-refractivity contribution in [2.24, 2.45) is 5.92 Å². The van der Waals surface area contributed by atoms with E-state index < -0.39 is 5.60 Å². The number of likely N-dealkylation sites (N-methyl/N-ethyl adjacent to an activating group) is 1. The molecule has 1 aromatic carbocycles. The fraction of sp³-hybridized carbons (Fsp3) is 0.565. The second-order valence-corrected chi connectivity index (χ2v) is 10.4. The van der Waals surface area contributed by atoms with Crippen LogP contribution in [0, 0.1) is 5.92 Å². The lowest BCUT2D eigenvalue weighted by Gasteiger charge is -2.33. The second kappa shape index (κ2) is 8.44. The van der Waals surface area contributed by atoms with E-state index in [4.69, 9.17) is 9.72 Å². The molecule has 0 saturated heterocycles. The van der Waals surface area contributed by atoms with Crippen LogP contribution in [-0.2, 0) is 11.2 Å². The number of amides is 1. The van der Waals surface area contributed by atoms with E-state index >= 15 is 0 Å². The maximum atomic E-state index is 12.8. The molecule has 0 saturated carbocycles. The van der Waals surface area contributed by atoms with E-state index in [2.05, 4.69) is 57.1 Å². The lowest BCUT2D eigenvalue weighted by Crippen LogP contribution is -2.39. The van der Waals surface area contributed by atoms with Crippen LogP contribution in [0.4, 0.5) is 4.79 Å². The number of aromatic nitrogens is 1. The van der Waals surface area contributed by atoms with Gasteiger partial charge in [0.25, 0.3) is 0 Å². The summed E-state index contributed by atoms with van der Waals surface area (Å²) in [6.45, 7) is 10.7. The molecule has 0 radical (unpaired) electrons. The summed E-state index contributed by atoms with van der Waals surface area (Å²) in [6.07, 6.45) is 3.76. The van der Waals surface area contributed by atoms with Crippen molar-refractivity contribution in [3.05, 3.63) is 34.8 Å². The van der Waals surface area contributed by atoms with Crippen molar-refractivity contribution in [1.29, 1.82) is 0 Å². The molecule has 0 bridgehead atoms. The normalized spacial score (nSPS) is 18.8. The van der Waals surface area contributed by atoms with Crippen LogP contribution in [0.25, 0.3) is 15.9 Å². The third-order valence-corrected chi connectivity index (χ3v) is 6.25. The van der Waals surface area contributed by atoms with E-state index in [1.165, 1.54) is 4.70 Å². The molecular weight excluding hydrogens is 382 g/mol. The summed E-state index contributed by atoms with van der Waals surface area (Å²) < 4.78 is 6.85. The second-order valence-electron chi connectivity index (χ2n) is 9.33. The van der Waals surface area contributed by atoms with Gasteiger partial charge in [-0.25, -0.2) is 9.78 Å². The van der Waals surface area contributed by atoms with Gasteiger partial charge in [0, 0.05) is 24.6 Å².